The molecule has 2 N–H and O–H groups in total. The van der Waals surface area contributed by atoms with E-state index in [2.05, 4.69) is 16.8 Å². The van der Waals surface area contributed by atoms with Crippen molar-refractivity contribution in [1.29, 1.82) is 0 Å². The van der Waals surface area contributed by atoms with E-state index in [0.29, 0.717) is 12.5 Å². The van der Waals surface area contributed by atoms with Crippen molar-refractivity contribution in [3.63, 3.8) is 0 Å². The fourth-order valence-corrected chi connectivity index (χ4v) is 2.11. The van der Waals surface area contributed by atoms with Crippen LogP contribution in [0.2, 0.25) is 0 Å². The lowest BCUT2D eigenvalue weighted by Gasteiger charge is -2.31. The summed E-state index contributed by atoms with van der Waals surface area (Å²) in [5.41, 5.74) is 5.95. The van der Waals surface area contributed by atoms with E-state index in [1.165, 1.54) is 0 Å². The molecule has 0 radical (unpaired) electrons. The third-order valence-corrected chi connectivity index (χ3v) is 3.05. The van der Waals surface area contributed by atoms with Crippen molar-refractivity contribution >= 4 is 5.96 Å². The minimum atomic E-state index is 0.241. The highest BCUT2D eigenvalue weighted by molar-refractivity contribution is 5.78. The second kappa shape index (κ2) is 5.50. The van der Waals surface area contributed by atoms with Crippen molar-refractivity contribution in [2.45, 2.75) is 32.0 Å². The Hall–Kier alpha value is -0.810. The van der Waals surface area contributed by atoms with Crippen LogP contribution in [-0.2, 0) is 9.47 Å². The summed E-state index contributed by atoms with van der Waals surface area (Å²) in [7, 11) is 0. The van der Waals surface area contributed by atoms with Crippen LogP contribution < -0.4 is 5.73 Å². The normalized spacial score (nSPS) is 32.1. The summed E-state index contributed by atoms with van der Waals surface area (Å²) in [4.78, 5) is 6.49. The van der Waals surface area contributed by atoms with Crippen molar-refractivity contribution in [2.75, 3.05) is 32.8 Å². The number of nitrogens with two attached hydrogens (primary N) is 1. The highest BCUT2D eigenvalue weighted by atomic mass is 16.5. The van der Waals surface area contributed by atoms with Crippen molar-refractivity contribution < 1.29 is 9.47 Å². The molecule has 2 heterocycles. The first kappa shape index (κ1) is 11.7. The van der Waals surface area contributed by atoms with Gasteiger partial charge in [0.05, 0.1) is 25.4 Å². The van der Waals surface area contributed by atoms with E-state index in [4.69, 9.17) is 15.2 Å². The third kappa shape index (κ3) is 3.09. The lowest BCUT2D eigenvalue weighted by atomic mass is 10.2. The van der Waals surface area contributed by atoms with Crippen LogP contribution in [0.5, 0.6) is 0 Å². The van der Waals surface area contributed by atoms with Gasteiger partial charge in [-0.05, 0) is 19.8 Å². The zero-order valence-corrected chi connectivity index (χ0v) is 9.89. The van der Waals surface area contributed by atoms with Crippen molar-refractivity contribution in [1.82, 2.24) is 4.90 Å². The second-order valence-corrected chi connectivity index (χ2v) is 4.46. The van der Waals surface area contributed by atoms with Gasteiger partial charge in [-0.1, -0.05) is 0 Å². The van der Waals surface area contributed by atoms with Crippen LogP contribution >= 0.6 is 0 Å². The molecular formula is C11H21N3O2. The number of guanidine groups is 1. The number of hydrogen-bond acceptors (Lipinski definition) is 3. The van der Waals surface area contributed by atoms with E-state index in [1.54, 1.807) is 0 Å². The average molecular weight is 227 g/mol. The number of morpholine rings is 1. The first-order chi connectivity index (χ1) is 7.75. The van der Waals surface area contributed by atoms with Gasteiger partial charge in [-0.15, -0.1) is 0 Å². The van der Waals surface area contributed by atoms with Gasteiger partial charge in [0.15, 0.2) is 5.96 Å². The van der Waals surface area contributed by atoms with Crippen LogP contribution in [0, 0.1) is 0 Å². The second-order valence-electron chi connectivity index (χ2n) is 4.46. The van der Waals surface area contributed by atoms with Gasteiger partial charge in [-0.3, -0.25) is 4.99 Å². The van der Waals surface area contributed by atoms with Crippen molar-refractivity contribution in [3.8, 4) is 0 Å². The standard InChI is InChI=1S/C11H21N3O2/c1-9-8-14(4-6-15-9)11(12)13-7-10-3-2-5-16-10/h9-10H,2-8H2,1H3,(H2,12,13)/t9?,10-/m1/s1. The van der Waals surface area contributed by atoms with Crippen LogP contribution in [0.15, 0.2) is 4.99 Å². The van der Waals surface area contributed by atoms with Crippen molar-refractivity contribution in [3.05, 3.63) is 0 Å². The van der Waals surface area contributed by atoms with E-state index in [1.807, 2.05) is 0 Å². The number of hydrogen-bond donors (Lipinski definition) is 1. The highest BCUT2D eigenvalue weighted by Crippen LogP contribution is 2.12. The summed E-state index contributed by atoms with van der Waals surface area (Å²) >= 11 is 0. The first-order valence-electron chi connectivity index (χ1n) is 6.04. The topological polar surface area (TPSA) is 60.1 Å². The molecule has 92 valence electrons. The first-order valence-corrected chi connectivity index (χ1v) is 6.04. The van der Waals surface area contributed by atoms with E-state index >= 15 is 0 Å². The summed E-state index contributed by atoms with van der Waals surface area (Å²) < 4.78 is 11.0. The molecule has 0 aromatic carbocycles. The van der Waals surface area contributed by atoms with Gasteiger partial charge in [0.1, 0.15) is 0 Å². The van der Waals surface area contributed by atoms with Crippen LogP contribution in [0.3, 0.4) is 0 Å². The van der Waals surface area contributed by atoms with Gasteiger partial charge in [-0.25, -0.2) is 0 Å². The van der Waals surface area contributed by atoms with Crippen LogP contribution in [0.1, 0.15) is 19.8 Å². The van der Waals surface area contributed by atoms with Crippen molar-refractivity contribution in [2.24, 2.45) is 10.7 Å². The predicted molar refractivity (Wildman–Crippen MR) is 62.5 cm³/mol. The Morgan fingerprint density at radius 2 is 2.31 bits per heavy atom. The Bertz CT molecular complexity index is 252. The summed E-state index contributed by atoms with van der Waals surface area (Å²) in [6, 6.07) is 0. The zero-order chi connectivity index (χ0) is 11.4. The predicted octanol–water partition coefficient (Wildman–Crippen LogP) is 0.201. The number of ether oxygens (including phenoxy) is 2. The minimum absolute atomic E-state index is 0.241. The van der Waals surface area contributed by atoms with Gasteiger partial charge in [0.2, 0.25) is 0 Å². The van der Waals surface area contributed by atoms with Crippen LogP contribution in [0.25, 0.3) is 0 Å². The molecule has 5 heteroatoms. The molecule has 2 aliphatic heterocycles. The quantitative estimate of drug-likeness (QED) is 0.541. The zero-order valence-electron chi connectivity index (χ0n) is 9.89. The van der Waals surface area contributed by atoms with Crippen LogP contribution in [-0.4, -0.2) is 55.9 Å². The molecule has 0 spiro atoms. The monoisotopic (exact) mass is 227 g/mol. The maximum absolute atomic E-state index is 5.95. The third-order valence-electron chi connectivity index (χ3n) is 3.05. The van der Waals surface area contributed by atoms with E-state index in [-0.39, 0.29) is 12.2 Å². The number of nitrogens with zero attached hydrogens (tertiary/aromatic N) is 2. The Morgan fingerprint density at radius 1 is 1.44 bits per heavy atom. The molecule has 2 atom stereocenters. The molecule has 2 saturated heterocycles. The minimum Gasteiger partial charge on any atom is -0.376 e. The summed E-state index contributed by atoms with van der Waals surface area (Å²) in [5.74, 6) is 0.630. The van der Waals surface area contributed by atoms with Gasteiger partial charge in [0, 0.05) is 19.7 Å². The summed E-state index contributed by atoms with van der Waals surface area (Å²) in [5, 5.41) is 0. The average Bonchev–Trinajstić information content (AvgIpc) is 2.78. The molecule has 2 aliphatic rings. The van der Waals surface area contributed by atoms with E-state index < -0.39 is 0 Å². The Kier molecular flexibility index (Phi) is 4.01. The van der Waals surface area contributed by atoms with Crippen LogP contribution in [0.4, 0.5) is 0 Å². The molecule has 16 heavy (non-hydrogen) atoms. The van der Waals surface area contributed by atoms with Gasteiger partial charge in [0.25, 0.3) is 0 Å². The Morgan fingerprint density at radius 3 is 3.00 bits per heavy atom. The highest BCUT2D eigenvalue weighted by Gasteiger charge is 2.19. The van der Waals surface area contributed by atoms with Gasteiger partial charge < -0.3 is 20.1 Å². The lowest BCUT2D eigenvalue weighted by molar-refractivity contribution is 0.00519. The SMILES string of the molecule is CC1CN(C(N)=NC[C@H]2CCCO2)CCO1. The van der Waals surface area contributed by atoms with E-state index in [9.17, 15) is 0 Å². The summed E-state index contributed by atoms with van der Waals surface area (Å²) in [6.07, 6.45) is 2.77. The molecule has 5 nitrogen and oxygen atoms in total. The summed E-state index contributed by atoms with van der Waals surface area (Å²) in [6.45, 7) is 6.02. The lowest BCUT2D eigenvalue weighted by Crippen LogP contribution is -2.48. The molecule has 0 amide bonds. The number of aliphatic imine (C=N–C) groups is 1. The molecule has 2 fully saturated rings. The largest absolute Gasteiger partial charge is 0.376 e. The molecule has 1 unspecified atom stereocenters. The molecule has 2 rings (SSSR count). The molecule has 0 aromatic heterocycles. The Balaban J connectivity index is 1.80. The fraction of sp³-hybridized carbons (Fsp3) is 0.909. The van der Waals surface area contributed by atoms with E-state index in [0.717, 1.165) is 39.1 Å². The molecule has 0 aliphatic carbocycles. The molecular weight excluding hydrogens is 206 g/mol. The fourth-order valence-electron chi connectivity index (χ4n) is 2.11. The van der Waals surface area contributed by atoms with Gasteiger partial charge in [-0.2, -0.15) is 0 Å². The maximum Gasteiger partial charge on any atom is 0.191 e. The molecule has 0 aromatic rings. The maximum atomic E-state index is 5.95. The van der Waals surface area contributed by atoms with Gasteiger partial charge >= 0.3 is 0 Å². The Labute approximate surface area is 96.6 Å². The molecule has 0 saturated carbocycles. The molecule has 0 bridgehead atoms. The number of rotatable bonds is 2. The smallest absolute Gasteiger partial charge is 0.191 e.